The van der Waals surface area contributed by atoms with Crippen molar-refractivity contribution in [3.63, 3.8) is 0 Å². The quantitative estimate of drug-likeness (QED) is 0.780. The molecule has 0 aliphatic rings. The molecule has 92 valence electrons. The van der Waals surface area contributed by atoms with Crippen molar-refractivity contribution in [2.75, 3.05) is 0 Å². The molecule has 1 N–H and O–H groups in total. The minimum absolute atomic E-state index is 0.341. The summed E-state index contributed by atoms with van der Waals surface area (Å²) < 4.78 is 2.05. The van der Waals surface area contributed by atoms with Gasteiger partial charge in [-0.3, -0.25) is 0 Å². The van der Waals surface area contributed by atoms with Crippen LogP contribution >= 0.6 is 50.2 Å². The fraction of sp³-hybridized carbons (Fsp3) is 0.333. The molecule has 2 rings (SSSR count). The first-order valence-electron chi connectivity index (χ1n) is 5.29. The molecule has 0 aliphatic carbocycles. The number of thiophene rings is 2. The summed E-state index contributed by atoms with van der Waals surface area (Å²) in [7, 11) is 0. The lowest BCUT2D eigenvalue weighted by Crippen LogP contribution is -2.16. The summed E-state index contributed by atoms with van der Waals surface area (Å²) in [5.74, 6) is 0. The minimum Gasteiger partial charge on any atom is -0.305 e. The molecule has 0 amide bonds. The van der Waals surface area contributed by atoms with Crippen molar-refractivity contribution in [2.45, 2.75) is 26.4 Å². The lowest BCUT2D eigenvalue weighted by molar-refractivity contribution is 0.587. The Labute approximate surface area is 123 Å². The largest absolute Gasteiger partial charge is 0.305 e. The fourth-order valence-electron chi connectivity index (χ4n) is 1.52. The Balaban J connectivity index is 1.94. The van der Waals surface area contributed by atoms with Crippen molar-refractivity contribution in [2.24, 2.45) is 0 Å². The summed E-state index contributed by atoms with van der Waals surface area (Å²) >= 11 is 12.9. The number of rotatable bonds is 4. The summed E-state index contributed by atoms with van der Waals surface area (Å²) in [6.07, 6.45) is 0. The Bertz CT molecular complexity index is 487. The second-order valence-corrected chi connectivity index (χ2v) is 7.80. The highest BCUT2D eigenvalue weighted by Crippen LogP contribution is 2.29. The average Bonchev–Trinajstić information content (AvgIpc) is 2.83. The number of hydrogen-bond acceptors (Lipinski definition) is 3. The van der Waals surface area contributed by atoms with Crippen LogP contribution in [0.25, 0.3) is 0 Å². The van der Waals surface area contributed by atoms with Gasteiger partial charge in [-0.05, 0) is 48.0 Å². The SMILES string of the molecule is Cc1sc(CNC(C)c2ccc(Cl)s2)cc1Br. The molecule has 2 aromatic heterocycles. The summed E-state index contributed by atoms with van der Waals surface area (Å²) in [5, 5.41) is 3.51. The number of hydrogen-bond donors (Lipinski definition) is 1. The number of nitrogens with one attached hydrogen (secondary N) is 1. The maximum atomic E-state index is 5.93. The highest BCUT2D eigenvalue weighted by Gasteiger charge is 2.09. The van der Waals surface area contributed by atoms with Crippen molar-refractivity contribution in [3.8, 4) is 0 Å². The predicted octanol–water partition coefficient (Wildman–Crippen LogP) is 5.38. The molecule has 0 bridgehead atoms. The first kappa shape index (κ1) is 13.6. The second-order valence-electron chi connectivity index (χ2n) is 3.86. The van der Waals surface area contributed by atoms with E-state index in [0.717, 1.165) is 10.9 Å². The van der Waals surface area contributed by atoms with Crippen molar-refractivity contribution >= 4 is 50.2 Å². The Hall–Kier alpha value is 0.130. The van der Waals surface area contributed by atoms with Crippen LogP contribution in [-0.4, -0.2) is 0 Å². The standard InChI is InChI=1S/C12H13BrClNS2/c1-7(11-3-4-12(14)17-11)15-6-9-5-10(13)8(2)16-9/h3-5,7,15H,6H2,1-2H3. The molecule has 1 atom stereocenters. The van der Waals surface area contributed by atoms with E-state index in [4.69, 9.17) is 11.6 Å². The number of aryl methyl sites for hydroxylation is 1. The lowest BCUT2D eigenvalue weighted by Gasteiger charge is -2.10. The van der Waals surface area contributed by atoms with Crippen LogP contribution in [0.15, 0.2) is 22.7 Å². The van der Waals surface area contributed by atoms with E-state index in [0.29, 0.717) is 6.04 Å². The smallest absolute Gasteiger partial charge is 0.0931 e. The molecule has 1 nitrogen and oxygen atoms in total. The van der Waals surface area contributed by atoms with Gasteiger partial charge in [0.1, 0.15) is 0 Å². The molecule has 0 saturated carbocycles. The zero-order chi connectivity index (χ0) is 12.4. The molecule has 0 saturated heterocycles. The molecule has 2 aromatic rings. The van der Waals surface area contributed by atoms with Crippen molar-refractivity contribution < 1.29 is 0 Å². The van der Waals surface area contributed by atoms with Crippen molar-refractivity contribution in [1.29, 1.82) is 0 Å². The zero-order valence-electron chi connectivity index (χ0n) is 9.59. The first-order valence-corrected chi connectivity index (χ1v) is 8.10. The van der Waals surface area contributed by atoms with Crippen LogP contribution in [0.5, 0.6) is 0 Å². The van der Waals surface area contributed by atoms with E-state index < -0.39 is 0 Å². The Kier molecular flexibility index (Phi) is 4.66. The maximum Gasteiger partial charge on any atom is 0.0931 e. The van der Waals surface area contributed by atoms with Crippen LogP contribution in [0, 0.1) is 6.92 Å². The summed E-state index contributed by atoms with van der Waals surface area (Å²) in [5.41, 5.74) is 0. The van der Waals surface area contributed by atoms with E-state index in [-0.39, 0.29) is 0 Å². The minimum atomic E-state index is 0.341. The van der Waals surface area contributed by atoms with Crippen LogP contribution in [-0.2, 0) is 6.54 Å². The first-order chi connectivity index (χ1) is 8.06. The molecule has 0 fully saturated rings. The normalized spacial score (nSPS) is 12.9. The average molecular weight is 351 g/mol. The van der Waals surface area contributed by atoms with E-state index >= 15 is 0 Å². The van der Waals surface area contributed by atoms with Crippen LogP contribution in [0.4, 0.5) is 0 Å². The van der Waals surface area contributed by atoms with Gasteiger partial charge in [-0.15, -0.1) is 22.7 Å². The number of halogens is 2. The van der Waals surface area contributed by atoms with Crippen molar-refractivity contribution in [3.05, 3.63) is 41.6 Å². The Morgan fingerprint density at radius 1 is 1.41 bits per heavy atom. The fourth-order valence-corrected chi connectivity index (χ4v) is 4.16. The highest BCUT2D eigenvalue weighted by molar-refractivity contribution is 9.10. The third-order valence-electron chi connectivity index (χ3n) is 2.51. The van der Waals surface area contributed by atoms with Gasteiger partial charge in [-0.25, -0.2) is 0 Å². The monoisotopic (exact) mass is 349 g/mol. The molecule has 2 heterocycles. The predicted molar refractivity (Wildman–Crippen MR) is 81.3 cm³/mol. The summed E-state index contributed by atoms with van der Waals surface area (Å²) in [4.78, 5) is 3.96. The second kappa shape index (κ2) is 5.85. The van der Waals surface area contributed by atoms with Crippen LogP contribution in [0.1, 0.15) is 27.6 Å². The zero-order valence-corrected chi connectivity index (χ0v) is 13.6. The molecule has 17 heavy (non-hydrogen) atoms. The van der Waals surface area contributed by atoms with E-state index in [1.165, 1.54) is 19.1 Å². The summed E-state index contributed by atoms with van der Waals surface area (Å²) in [6.45, 7) is 5.19. The van der Waals surface area contributed by atoms with Gasteiger partial charge in [0.05, 0.1) is 4.34 Å². The van der Waals surface area contributed by atoms with E-state index in [1.807, 2.05) is 17.4 Å². The van der Waals surface area contributed by atoms with Crippen LogP contribution in [0.2, 0.25) is 4.34 Å². The van der Waals surface area contributed by atoms with Gasteiger partial charge in [0.15, 0.2) is 0 Å². The van der Waals surface area contributed by atoms with Gasteiger partial charge < -0.3 is 5.32 Å². The van der Waals surface area contributed by atoms with Crippen LogP contribution < -0.4 is 5.32 Å². The molecule has 0 aromatic carbocycles. The highest BCUT2D eigenvalue weighted by atomic mass is 79.9. The molecular weight excluding hydrogens is 338 g/mol. The van der Waals surface area contributed by atoms with Crippen molar-refractivity contribution in [1.82, 2.24) is 5.32 Å². The molecule has 0 aliphatic heterocycles. The van der Waals surface area contributed by atoms with Gasteiger partial charge in [0.2, 0.25) is 0 Å². The maximum absolute atomic E-state index is 5.93. The third kappa shape index (κ3) is 3.55. The molecule has 5 heteroatoms. The van der Waals surface area contributed by atoms with Gasteiger partial charge in [0.25, 0.3) is 0 Å². The Morgan fingerprint density at radius 3 is 2.71 bits per heavy atom. The van der Waals surface area contributed by atoms with E-state index in [1.54, 1.807) is 11.3 Å². The van der Waals surface area contributed by atoms with Gasteiger partial charge in [-0.1, -0.05) is 11.6 Å². The lowest BCUT2D eigenvalue weighted by atomic mass is 10.3. The van der Waals surface area contributed by atoms with E-state index in [9.17, 15) is 0 Å². The molecule has 0 radical (unpaired) electrons. The molecule has 1 unspecified atom stereocenters. The van der Waals surface area contributed by atoms with Gasteiger partial charge in [0, 0.05) is 31.7 Å². The molecular formula is C12H13BrClNS2. The van der Waals surface area contributed by atoms with E-state index in [2.05, 4.69) is 47.2 Å². The molecule has 0 spiro atoms. The topological polar surface area (TPSA) is 12.0 Å². The van der Waals surface area contributed by atoms with Gasteiger partial charge >= 0.3 is 0 Å². The summed E-state index contributed by atoms with van der Waals surface area (Å²) in [6, 6.07) is 6.56. The Morgan fingerprint density at radius 2 is 2.18 bits per heavy atom. The third-order valence-corrected chi connectivity index (χ3v) is 6.06. The van der Waals surface area contributed by atoms with Crippen LogP contribution in [0.3, 0.4) is 0 Å². The van der Waals surface area contributed by atoms with Gasteiger partial charge in [-0.2, -0.15) is 0 Å².